The van der Waals surface area contributed by atoms with Gasteiger partial charge in [0.1, 0.15) is 5.82 Å². The molecule has 2 rings (SSSR count). The SMILES string of the molecule is CN(C)CCCNC(=O)c1ccnc(Nc2cccc(C#N)c2)c1. The van der Waals surface area contributed by atoms with Gasteiger partial charge in [-0.05, 0) is 57.4 Å². The van der Waals surface area contributed by atoms with Crippen molar-refractivity contribution >= 4 is 17.4 Å². The summed E-state index contributed by atoms with van der Waals surface area (Å²) in [7, 11) is 4.01. The van der Waals surface area contributed by atoms with Crippen LogP contribution in [0.4, 0.5) is 11.5 Å². The lowest BCUT2D eigenvalue weighted by molar-refractivity contribution is 0.0952. The maximum atomic E-state index is 12.2. The summed E-state index contributed by atoms with van der Waals surface area (Å²) in [6.45, 7) is 1.56. The van der Waals surface area contributed by atoms with Crippen LogP contribution in [0.2, 0.25) is 0 Å². The topological polar surface area (TPSA) is 81.1 Å². The lowest BCUT2D eigenvalue weighted by Crippen LogP contribution is -2.27. The monoisotopic (exact) mass is 323 g/mol. The molecule has 24 heavy (non-hydrogen) atoms. The highest BCUT2D eigenvalue weighted by Crippen LogP contribution is 2.16. The normalized spacial score (nSPS) is 10.2. The zero-order valence-corrected chi connectivity index (χ0v) is 13.9. The van der Waals surface area contributed by atoms with Crippen LogP contribution in [-0.2, 0) is 0 Å². The standard InChI is InChI=1S/C18H21N5O/c1-23(2)10-4-8-21-18(24)15-7-9-20-17(12-15)22-16-6-3-5-14(11-16)13-19/h3,5-7,9,11-12H,4,8,10H2,1-2H3,(H,20,22)(H,21,24). The Morgan fingerprint density at radius 1 is 1.29 bits per heavy atom. The molecule has 1 heterocycles. The molecule has 6 nitrogen and oxygen atoms in total. The van der Waals surface area contributed by atoms with E-state index in [1.165, 1.54) is 0 Å². The number of amides is 1. The Labute approximate surface area is 142 Å². The molecule has 0 atom stereocenters. The van der Waals surface area contributed by atoms with Gasteiger partial charge in [-0.1, -0.05) is 6.07 Å². The first kappa shape index (κ1) is 17.4. The number of rotatable bonds is 7. The Kier molecular flexibility index (Phi) is 6.29. The third-order valence-corrected chi connectivity index (χ3v) is 3.35. The Morgan fingerprint density at radius 3 is 2.88 bits per heavy atom. The Balaban J connectivity index is 1.98. The zero-order chi connectivity index (χ0) is 17.4. The number of carbonyl (C=O) groups excluding carboxylic acids is 1. The molecule has 0 aliphatic carbocycles. The minimum atomic E-state index is -0.120. The molecule has 0 fully saturated rings. The average molecular weight is 323 g/mol. The predicted octanol–water partition coefficient (Wildman–Crippen LogP) is 2.38. The minimum absolute atomic E-state index is 0.120. The number of anilines is 2. The van der Waals surface area contributed by atoms with Crippen molar-refractivity contribution in [3.8, 4) is 6.07 Å². The second-order valence-electron chi connectivity index (χ2n) is 5.66. The van der Waals surface area contributed by atoms with Crippen LogP contribution < -0.4 is 10.6 Å². The van der Waals surface area contributed by atoms with E-state index in [1.54, 1.807) is 36.5 Å². The molecule has 2 N–H and O–H groups in total. The molecule has 0 aliphatic rings. The van der Waals surface area contributed by atoms with Crippen molar-refractivity contribution in [1.82, 2.24) is 15.2 Å². The molecule has 1 amide bonds. The molecular formula is C18H21N5O. The molecule has 0 saturated carbocycles. The lowest BCUT2D eigenvalue weighted by Gasteiger charge is -2.10. The largest absolute Gasteiger partial charge is 0.352 e. The van der Waals surface area contributed by atoms with Crippen molar-refractivity contribution in [3.05, 3.63) is 53.7 Å². The van der Waals surface area contributed by atoms with Crippen LogP contribution in [0.1, 0.15) is 22.3 Å². The quantitative estimate of drug-likeness (QED) is 0.765. The smallest absolute Gasteiger partial charge is 0.251 e. The van der Waals surface area contributed by atoms with Crippen LogP contribution in [0, 0.1) is 11.3 Å². The highest BCUT2D eigenvalue weighted by Gasteiger charge is 2.07. The first-order valence-electron chi connectivity index (χ1n) is 7.74. The van der Waals surface area contributed by atoms with Gasteiger partial charge in [0.25, 0.3) is 5.91 Å². The molecule has 124 valence electrons. The molecule has 6 heteroatoms. The average Bonchev–Trinajstić information content (AvgIpc) is 2.58. The van der Waals surface area contributed by atoms with E-state index in [4.69, 9.17) is 5.26 Å². The third kappa shape index (κ3) is 5.38. The van der Waals surface area contributed by atoms with E-state index < -0.39 is 0 Å². The van der Waals surface area contributed by atoms with Gasteiger partial charge in [-0.15, -0.1) is 0 Å². The highest BCUT2D eigenvalue weighted by atomic mass is 16.1. The molecule has 1 aromatic heterocycles. The molecule has 2 aromatic rings. The molecule has 1 aromatic carbocycles. The molecule has 0 aliphatic heterocycles. The first-order chi connectivity index (χ1) is 11.6. The predicted molar refractivity (Wildman–Crippen MR) is 94.2 cm³/mol. The summed E-state index contributed by atoms with van der Waals surface area (Å²) in [5, 5.41) is 14.9. The van der Waals surface area contributed by atoms with Crippen LogP contribution in [-0.4, -0.2) is 43.0 Å². The zero-order valence-electron chi connectivity index (χ0n) is 13.9. The maximum Gasteiger partial charge on any atom is 0.251 e. The van der Waals surface area contributed by atoms with E-state index in [1.807, 2.05) is 20.2 Å². The van der Waals surface area contributed by atoms with Crippen molar-refractivity contribution in [2.45, 2.75) is 6.42 Å². The van der Waals surface area contributed by atoms with Gasteiger partial charge in [-0.2, -0.15) is 5.26 Å². The highest BCUT2D eigenvalue weighted by molar-refractivity contribution is 5.94. The van der Waals surface area contributed by atoms with Crippen molar-refractivity contribution in [1.29, 1.82) is 5.26 Å². The molecule has 0 spiro atoms. The lowest BCUT2D eigenvalue weighted by atomic mass is 10.2. The number of nitrogens with zero attached hydrogens (tertiary/aromatic N) is 3. The van der Waals surface area contributed by atoms with Gasteiger partial charge in [0, 0.05) is 24.0 Å². The number of hydrogen-bond acceptors (Lipinski definition) is 5. The number of nitriles is 1. The summed E-state index contributed by atoms with van der Waals surface area (Å²) >= 11 is 0. The Morgan fingerprint density at radius 2 is 2.12 bits per heavy atom. The van der Waals surface area contributed by atoms with Crippen molar-refractivity contribution in [3.63, 3.8) is 0 Å². The van der Waals surface area contributed by atoms with E-state index in [2.05, 4.69) is 26.6 Å². The van der Waals surface area contributed by atoms with Gasteiger partial charge >= 0.3 is 0 Å². The van der Waals surface area contributed by atoms with Crippen LogP contribution in [0.15, 0.2) is 42.6 Å². The third-order valence-electron chi connectivity index (χ3n) is 3.35. The van der Waals surface area contributed by atoms with Crippen molar-refractivity contribution < 1.29 is 4.79 Å². The fourth-order valence-corrected chi connectivity index (χ4v) is 2.15. The van der Waals surface area contributed by atoms with E-state index in [0.29, 0.717) is 23.5 Å². The van der Waals surface area contributed by atoms with E-state index in [-0.39, 0.29) is 5.91 Å². The Hall–Kier alpha value is -2.91. The van der Waals surface area contributed by atoms with Gasteiger partial charge < -0.3 is 15.5 Å². The van der Waals surface area contributed by atoms with Gasteiger partial charge in [0.2, 0.25) is 0 Å². The summed E-state index contributed by atoms with van der Waals surface area (Å²) in [6, 6.07) is 12.6. The first-order valence-corrected chi connectivity index (χ1v) is 7.74. The minimum Gasteiger partial charge on any atom is -0.352 e. The second-order valence-corrected chi connectivity index (χ2v) is 5.66. The van der Waals surface area contributed by atoms with Gasteiger partial charge in [-0.25, -0.2) is 4.98 Å². The molecular weight excluding hydrogens is 302 g/mol. The van der Waals surface area contributed by atoms with Crippen LogP contribution in [0.3, 0.4) is 0 Å². The van der Waals surface area contributed by atoms with Gasteiger partial charge in [-0.3, -0.25) is 4.79 Å². The van der Waals surface area contributed by atoms with Crippen molar-refractivity contribution in [2.24, 2.45) is 0 Å². The molecule has 0 bridgehead atoms. The van der Waals surface area contributed by atoms with Crippen LogP contribution in [0.5, 0.6) is 0 Å². The molecule has 0 unspecified atom stereocenters. The second kappa shape index (κ2) is 8.65. The number of pyridine rings is 1. The fraction of sp³-hybridized carbons (Fsp3) is 0.278. The summed E-state index contributed by atoms with van der Waals surface area (Å²) in [5.74, 6) is 0.441. The van der Waals surface area contributed by atoms with E-state index in [0.717, 1.165) is 18.7 Å². The number of carbonyl (C=O) groups is 1. The summed E-state index contributed by atoms with van der Waals surface area (Å²) in [4.78, 5) is 18.5. The number of nitrogens with one attached hydrogen (secondary N) is 2. The Bertz CT molecular complexity index is 736. The molecule has 0 saturated heterocycles. The summed E-state index contributed by atoms with van der Waals surface area (Å²) in [5.41, 5.74) is 1.87. The van der Waals surface area contributed by atoms with Gasteiger partial charge in [0.15, 0.2) is 0 Å². The number of hydrogen-bond donors (Lipinski definition) is 2. The van der Waals surface area contributed by atoms with Crippen LogP contribution >= 0.6 is 0 Å². The van der Waals surface area contributed by atoms with Gasteiger partial charge in [0.05, 0.1) is 11.6 Å². The molecule has 0 radical (unpaired) electrons. The summed E-state index contributed by atoms with van der Waals surface area (Å²) < 4.78 is 0. The number of aromatic nitrogens is 1. The van der Waals surface area contributed by atoms with E-state index in [9.17, 15) is 4.79 Å². The van der Waals surface area contributed by atoms with E-state index >= 15 is 0 Å². The number of benzene rings is 1. The fourth-order valence-electron chi connectivity index (χ4n) is 2.15. The van der Waals surface area contributed by atoms with Crippen molar-refractivity contribution in [2.75, 3.05) is 32.5 Å². The maximum absolute atomic E-state index is 12.2. The summed E-state index contributed by atoms with van der Waals surface area (Å²) in [6.07, 6.45) is 2.49. The van der Waals surface area contributed by atoms with Crippen LogP contribution in [0.25, 0.3) is 0 Å².